The summed E-state index contributed by atoms with van der Waals surface area (Å²) in [7, 11) is 0. The monoisotopic (exact) mass is 450 g/mol. The van der Waals surface area contributed by atoms with Crippen LogP contribution in [0.25, 0.3) is 0 Å². The minimum atomic E-state index is -4.55. The van der Waals surface area contributed by atoms with E-state index in [4.69, 9.17) is 4.42 Å². The Morgan fingerprint density at radius 1 is 1.19 bits per heavy atom. The lowest BCUT2D eigenvalue weighted by Gasteiger charge is -2.25. The van der Waals surface area contributed by atoms with Crippen molar-refractivity contribution in [2.24, 2.45) is 0 Å². The quantitative estimate of drug-likeness (QED) is 0.614. The van der Waals surface area contributed by atoms with Crippen LogP contribution in [0.3, 0.4) is 0 Å². The molecule has 0 spiro atoms. The first kappa shape index (κ1) is 21.1. The van der Waals surface area contributed by atoms with E-state index in [9.17, 15) is 22.8 Å². The van der Waals surface area contributed by atoms with Crippen LogP contribution in [0.1, 0.15) is 26.5 Å². The van der Waals surface area contributed by atoms with E-state index in [0.717, 1.165) is 16.6 Å². The van der Waals surface area contributed by atoms with Crippen LogP contribution >= 0.6 is 11.3 Å². The molecular formula is C20H17F3N4O3S. The molecular weight excluding hydrogens is 433 g/mol. The molecule has 1 aromatic carbocycles. The van der Waals surface area contributed by atoms with Gasteiger partial charge in [0.2, 0.25) is 5.91 Å². The van der Waals surface area contributed by atoms with E-state index in [1.54, 1.807) is 6.07 Å². The molecule has 0 unspecified atom stereocenters. The summed E-state index contributed by atoms with van der Waals surface area (Å²) >= 11 is 1.31. The van der Waals surface area contributed by atoms with Gasteiger partial charge >= 0.3 is 6.18 Å². The third kappa shape index (κ3) is 4.94. The molecule has 0 saturated carbocycles. The van der Waals surface area contributed by atoms with Gasteiger partial charge in [-0.1, -0.05) is 12.1 Å². The van der Waals surface area contributed by atoms with Gasteiger partial charge in [-0.05, 0) is 18.2 Å². The summed E-state index contributed by atoms with van der Waals surface area (Å²) in [6.07, 6.45) is -1.25. The van der Waals surface area contributed by atoms with Crippen LogP contribution in [0.15, 0.2) is 47.3 Å². The molecule has 2 aromatic heterocycles. The Hall–Kier alpha value is -3.18. The van der Waals surface area contributed by atoms with Crippen molar-refractivity contribution in [1.82, 2.24) is 9.88 Å². The average molecular weight is 450 g/mol. The maximum atomic E-state index is 13.1. The number of hydrogen-bond acceptors (Lipinski definition) is 6. The Morgan fingerprint density at radius 3 is 2.74 bits per heavy atom. The van der Waals surface area contributed by atoms with E-state index in [1.807, 2.05) is 4.90 Å². The number of furan rings is 1. The fraction of sp³-hybridized carbons (Fsp3) is 0.250. The minimum absolute atomic E-state index is 0.0553. The zero-order valence-electron chi connectivity index (χ0n) is 16.0. The van der Waals surface area contributed by atoms with E-state index < -0.39 is 17.6 Å². The number of nitrogens with zero attached hydrogens (tertiary/aromatic N) is 2. The maximum Gasteiger partial charge on any atom is 0.418 e. The molecule has 162 valence electrons. The van der Waals surface area contributed by atoms with Gasteiger partial charge in [-0.15, -0.1) is 11.3 Å². The van der Waals surface area contributed by atoms with Gasteiger partial charge in [0.05, 0.1) is 35.3 Å². The highest BCUT2D eigenvalue weighted by Gasteiger charge is 2.33. The van der Waals surface area contributed by atoms with Crippen molar-refractivity contribution in [3.63, 3.8) is 0 Å². The molecule has 0 aliphatic carbocycles. The third-order valence-electron chi connectivity index (χ3n) is 4.69. The number of alkyl halides is 3. The molecule has 2 N–H and O–H groups in total. The molecule has 2 amide bonds. The molecule has 0 saturated heterocycles. The molecule has 0 radical (unpaired) electrons. The zero-order chi connectivity index (χ0) is 22.0. The van der Waals surface area contributed by atoms with E-state index in [0.29, 0.717) is 30.2 Å². The van der Waals surface area contributed by atoms with Gasteiger partial charge in [-0.3, -0.25) is 19.8 Å². The summed E-state index contributed by atoms with van der Waals surface area (Å²) in [5.41, 5.74) is 0.0710. The van der Waals surface area contributed by atoms with Gasteiger partial charge in [0.1, 0.15) is 6.26 Å². The highest BCUT2D eigenvalue weighted by atomic mass is 32.1. The van der Waals surface area contributed by atoms with Crippen LogP contribution in [0.2, 0.25) is 0 Å². The van der Waals surface area contributed by atoms with Gasteiger partial charge in [-0.25, -0.2) is 4.98 Å². The number of anilines is 2. The SMILES string of the molecule is O=C(CN1CCc2nc(NC(=O)c3ccoc3)sc2C1)Nc1ccccc1C(F)(F)F. The van der Waals surface area contributed by atoms with Crippen molar-refractivity contribution >= 4 is 34.0 Å². The molecule has 3 aromatic rings. The molecule has 4 rings (SSSR count). The fourth-order valence-corrected chi connectivity index (χ4v) is 4.28. The van der Waals surface area contributed by atoms with Crippen molar-refractivity contribution in [3.8, 4) is 0 Å². The summed E-state index contributed by atoms with van der Waals surface area (Å²) in [6.45, 7) is 0.892. The van der Waals surface area contributed by atoms with Crippen LogP contribution < -0.4 is 10.6 Å². The first-order valence-electron chi connectivity index (χ1n) is 9.30. The molecule has 0 bridgehead atoms. The second-order valence-corrected chi connectivity index (χ2v) is 7.99. The highest BCUT2D eigenvalue weighted by Crippen LogP contribution is 2.34. The number of amides is 2. The summed E-state index contributed by atoms with van der Waals surface area (Å²) in [4.78, 5) is 31.6. The number of fused-ring (bicyclic) bond motifs is 1. The molecule has 1 aliphatic rings. The fourth-order valence-electron chi connectivity index (χ4n) is 3.23. The van der Waals surface area contributed by atoms with Crippen LogP contribution in [-0.2, 0) is 23.9 Å². The first-order valence-corrected chi connectivity index (χ1v) is 10.1. The number of aromatic nitrogens is 1. The lowest BCUT2D eigenvalue weighted by atomic mass is 10.1. The molecule has 1 aliphatic heterocycles. The van der Waals surface area contributed by atoms with Gasteiger partial charge in [-0.2, -0.15) is 13.2 Å². The standard InChI is InChI=1S/C20H17F3N4O3S/c21-20(22,23)13-3-1-2-4-14(13)24-17(28)10-27-7-5-15-16(9-27)31-19(25-15)26-18(29)12-6-8-30-11-12/h1-4,6,8,11H,5,7,9-10H2,(H,24,28)(H,25,26,29). The molecule has 0 fully saturated rings. The molecule has 31 heavy (non-hydrogen) atoms. The highest BCUT2D eigenvalue weighted by molar-refractivity contribution is 7.15. The predicted molar refractivity (Wildman–Crippen MR) is 108 cm³/mol. The Bertz CT molecular complexity index is 1100. The van der Waals surface area contributed by atoms with Crippen molar-refractivity contribution in [1.29, 1.82) is 0 Å². The van der Waals surface area contributed by atoms with E-state index in [1.165, 1.54) is 42.1 Å². The maximum absolute atomic E-state index is 13.1. The topological polar surface area (TPSA) is 87.5 Å². The molecule has 7 nitrogen and oxygen atoms in total. The molecule has 3 heterocycles. The normalized spacial score (nSPS) is 14.2. The number of halogens is 3. The smallest absolute Gasteiger partial charge is 0.418 e. The van der Waals surface area contributed by atoms with Gasteiger partial charge in [0.15, 0.2) is 5.13 Å². The van der Waals surface area contributed by atoms with Gasteiger partial charge in [0.25, 0.3) is 5.91 Å². The van der Waals surface area contributed by atoms with Crippen molar-refractivity contribution in [3.05, 3.63) is 64.6 Å². The Labute approximate surface area is 178 Å². The Balaban J connectivity index is 1.37. The molecule has 11 heteroatoms. The second-order valence-electron chi connectivity index (χ2n) is 6.91. The van der Waals surface area contributed by atoms with Crippen LogP contribution in [0.4, 0.5) is 24.0 Å². The van der Waals surface area contributed by atoms with Crippen molar-refractivity contribution in [2.75, 3.05) is 23.7 Å². The summed E-state index contributed by atoms with van der Waals surface area (Å²) in [6, 6.07) is 6.42. The predicted octanol–water partition coefficient (Wildman–Crippen LogP) is 4.00. The number of carbonyl (C=O) groups excluding carboxylic acids is 2. The Morgan fingerprint density at radius 2 is 2.00 bits per heavy atom. The lowest BCUT2D eigenvalue weighted by Crippen LogP contribution is -2.37. The average Bonchev–Trinajstić information content (AvgIpc) is 3.36. The van der Waals surface area contributed by atoms with Crippen LogP contribution in [0.5, 0.6) is 0 Å². The van der Waals surface area contributed by atoms with Gasteiger partial charge < -0.3 is 9.73 Å². The van der Waals surface area contributed by atoms with E-state index in [-0.39, 0.29) is 18.1 Å². The van der Waals surface area contributed by atoms with Crippen LogP contribution in [0, 0.1) is 0 Å². The third-order valence-corrected chi connectivity index (χ3v) is 5.69. The Kier molecular flexibility index (Phi) is 5.79. The number of rotatable bonds is 5. The number of para-hydroxylation sites is 1. The van der Waals surface area contributed by atoms with Gasteiger partial charge in [0, 0.05) is 24.4 Å². The van der Waals surface area contributed by atoms with Crippen LogP contribution in [-0.4, -0.2) is 34.8 Å². The lowest BCUT2D eigenvalue weighted by molar-refractivity contribution is -0.137. The number of thiazole rings is 1. The summed E-state index contributed by atoms with van der Waals surface area (Å²) < 4.78 is 44.2. The first-order chi connectivity index (χ1) is 14.8. The largest absolute Gasteiger partial charge is 0.472 e. The van der Waals surface area contributed by atoms with E-state index >= 15 is 0 Å². The molecule has 0 atom stereocenters. The van der Waals surface area contributed by atoms with E-state index in [2.05, 4.69) is 15.6 Å². The number of nitrogens with one attached hydrogen (secondary N) is 2. The van der Waals surface area contributed by atoms with Crippen molar-refractivity contribution in [2.45, 2.75) is 19.1 Å². The second kappa shape index (κ2) is 8.52. The minimum Gasteiger partial charge on any atom is -0.472 e. The zero-order valence-corrected chi connectivity index (χ0v) is 16.8. The number of carbonyl (C=O) groups is 2. The number of hydrogen-bond donors (Lipinski definition) is 2. The number of benzene rings is 1. The summed E-state index contributed by atoms with van der Waals surface area (Å²) in [5, 5.41) is 5.52. The van der Waals surface area contributed by atoms with Crippen molar-refractivity contribution < 1.29 is 27.2 Å². The summed E-state index contributed by atoms with van der Waals surface area (Å²) in [5.74, 6) is -0.863.